The molecule has 128 valence electrons. The molecule has 7 nitrogen and oxygen atoms in total. The van der Waals surface area contributed by atoms with Crippen LogP contribution < -0.4 is 5.32 Å². The van der Waals surface area contributed by atoms with Crippen molar-refractivity contribution in [2.75, 3.05) is 5.32 Å². The molecule has 1 amide bonds. The number of halogens is 1. The Morgan fingerprint density at radius 2 is 2.04 bits per heavy atom. The summed E-state index contributed by atoms with van der Waals surface area (Å²) in [6.45, 7) is 1.91. The fourth-order valence-electron chi connectivity index (χ4n) is 3.49. The number of amides is 1. The Kier molecular flexibility index (Phi) is 3.61. The van der Waals surface area contributed by atoms with Gasteiger partial charge in [-0.05, 0) is 19.1 Å². The molecule has 0 unspecified atom stereocenters. The van der Waals surface area contributed by atoms with Gasteiger partial charge in [0.1, 0.15) is 11.0 Å². The van der Waals surface area contributed by atoms with Crippen LogP contribution >= 0.6 is 11.6 Å². The molecular weight excluding hydrogens is 340 g/mol. The molecular formula is C17H17ClN6O. The maximum Gasteiger partial charge on any atom is 0.226 e. The fourth-order valence-corrected chi connectivity index (χ4v) is 3.80. The standard InChI is InChI=1S/C17H17ClN6O/c1-9-13(16(18)23(2)21-9)11-7-12(25)20-17-14(11)15(22-24(17)3)10-5-4-6-19-8-10/h4-6,8,11H,7H2,1-3H3,(H,20,25)/t11-/m1/s1. The minimum absolute atomic E-state index is 0.0578. The topological polar surface area (TPSA) is 77.6 Å². The van der Waals surface area contributed by atoms with Crippen molar-refractivity contribution in [1.29, 1.82) is 0 Å². The number of aryl methyl sites for hydroxylation is 3. The second kappa shape index (κ2) is 5.70. The number of anilines is 1. The third-order valence-corrected chi connectivity index (χ3v) is 5.01. The predicted octanol–water partition coefficient (Wildman–Crippen LogP) is 2.65. The van der Waals surface area contributed by atoms with Crippen molar-refractivity contribution in [2.45, 2.75) is 19.3 Å². The maximum atomic E-state index is 12.3. The van der Waals surface area contributed by atoms with Crippen LogP contribution in [0.4, 0.5) is 5.82 Å². The zero-order chi connectivity index (χ0) is 17.7. The minimum atomic E-state index is -0.200. The Balaban J connectivity index is 1.98. The van der Waals surface area contributed by atoms with Gasteiger partial charge in [0, 0.05) is 55.5 Å². The smallest absolute Gasteiger partial charge is 0.226 e. The molecule has 0 fully saturated rings. The van der Waals surface area contributed by atoms with Gasteiger partial charge in [-0.2, -0.15) is 10.2 Å². The zero-order valence-electron chi connectivity index (χ0n) is 14.1. The number of hydrogen-bond acceptors (Lipinski definition) is 4. The van der Waals surface area contributed by atoms with E-state index < -0.39 is 0 Å². The lowest BCUT2D eigenvalue weighted by molar-refractivity contribution is -0.116. The molecule has 4 rings (SSSR count). The molecule has 8 heteroatoms. The maximum absolute atomic E-state index is 12.3. The van der Waals surface area contributed by atoms with E-state index in [2.05, 4.69) is 20.5 Å². The molecule has 0 radical (unpaired) electrons. The lowest BCUT2D eigenvalue weighted by Crippen LogP contribution is -2.25. The molecule has 0 spiro atoms. The Hall–Kier alpha value is -2.67. The van der Waals surface area contributed by atoms with E-state index in [0.717, 1.165) is 28.1 Å². The number of hydrogen-bond donors (Lipinski definition) is 1. The molecule has 0 bridgehead atoms. The summed E-state index contributed by atoms with van der Waals surface area (Å²) in [6, 6.07) is 3.83. The average molecular weight is 357 g/mol. The van der Waals surface area contributed by atoms with E-state index in [1.165, 1.54) is 0 Å². The number of carbonyl (C=O) groups is 1. The molecule has 1 aliphatic rings. The molecule has 3 aromatic heterocycles. The van der Waals surface area contributed by atoms with Crippen molar-refractivity contribution in [2.24, 2.45) is 14.1 Å². The van der Waals surface area contributed by atoms with Crippen LogP contribution in [0, 0.1) is 6.92 Å². The minimum Gasteiger partial charge on any atom is -0.311 e. The highest BCUT2D eigenvalue weighted by molar-refractivity contribution is 6.30. The zero-order valence-corrected chi connectivity index (χ0v) is 14.9. The summed E-state index contributed by atoms with van der Waals surface area (Å²) in [7, 11) is 3.62. The van der Waals surface area contributed by atoms with Crippen molar-refractivity contribution in [3.63, 3.8) is 0 Å². The normalized spacial score (nSPS) is 16.6. The fraction of sp³-hybridized carbons (Fsp3) is 0.294. The van der Waals surface area contributed by atoms with Gasteiger partial charge in [-0.1, -0.05) is 11.6 Å². The third kappa shape index (κ3) is 2.42. The molecule has 1 N–H and O–H groups in total. The van der Waals surface area contributed by atoms with Crippen LogP contribution in [0.2, 0.25) is 5.15 Å². The molecule has 1 atom stereocenters. The molecule has 3 aromatic rings. The predicted molar refractivity (Wildman–Crippen MR) is 94.5 cm³/mol. The van der Waals surface area contributed by atoms with Gasteiger partial charge in [-0.15, -0.1) is 0 Å². The molecule has 0 saturated carbocycles. The van der Waals surface area contributed by atoms with E-state index >= 15 is 0 Å². The lowest BCUT2D eigenvalue weighted by atomic mass is 9.85. The average Bonchev–Trinajstić information content (AvgIpc) is 3.05. The molecule has 25 heavy (non-hydrogen) atoms. The van der Waals surface area contributed by atoms with E-state index in [1.54, 1.807) is 28.8 Å². The van der Waals surface area contributed by atoms with Gasteiger partial charge in [0.25, 0.3) is 0 Å². The first-order chi connectivity index (χ1) is 12.0. The Morgan fingerprint density at radius 1 is 1.24 bits per heavy atom. The first kappa shape index (κ1) is 15.8. The Bertz CT molecular complexity index is 975. The first-order valence-corrected chi connectivity index (χ1v) is 8.31. The number of carbonyl (C=O) groups excluding carboxylic acids is 1. The summed E-state index contributed by atoms with van der Waals surface area (Å²) in [6.07, 6.45) is 3.80. The molecule has 0 aliphatic carbocycles. The summed E-state index contributed by atoms with van der Waals surface area (Å²) in [5, 5.41) is 12.5. The third-order valence-electron chi connectivity index (χ3n) is 4.56. The van der Waals surface area contributed by atoms with Gasteiger partial charge in [0.15, 0.2) is 0 Å². The van der Waals surface area contributed by atoms with E-state index in [0.29, 0.717) is 17.4 Å². The lowest BCUT2D eigenvalue weighted by Gasteiger charge is -2.24. The van der Waals surface area contributed by atoms with Crippen LogP contribution in [-0.4, -0.2) is 30.5 Å². The number of nitrogens with one attached hydrogen (secondary N) is 1. The second-order valence-electron chi connectivity index (χ2n) is 6.19. The summed E-state index contributed by atoms with van der Waals surface area (Å²) >= 11 is 6.50. The Morgan fingerprint density at radius 3 is 2.68 bits per heavy atom. The van der Waals surface area contributed by atoms with Crippen LogP contribution in [0.5, 0.6) is 0 Å². The van der Waals surface area contributed by atoms with Gasteiger partial charge in [-0.3, -0.25) is 19.1 Å². The van der Waals surface area contributed by atoms with Crippen molar-refractivity contribution in [3.05, 3.63) is 46.5 Å². The highest BCUT2D eigenvalue weighted by Gasteiger charge is 2.36. The Labute approximate surface area is 149 Å². The van der Waals surface area contributed by atoms with Gasteiger partial charge in [0.2, 0.25) is 5.91 Å². The number of nitrogens with zero attached hydrogens (tertiary/aromatic N) is 5. The van der Waals surface area contributed by atoms with E-state index in [1.807, 2.05) is 26.1 Å². The second-order valence-corrected chi connectivity index (χ2v) is 6.55. The van der Waals surface area contributed by atoms with Crippen LogP contribution in [-0.2, 0) is 18.9 Å². The van der Waals surface area contributed by atoms with Crippen molar-refractivity contribution >= 4 is 23.3 Å². The summed E-state index contributed by atoms with van der Waals surface area (Å²) in [5.41, 5.74) is 4.35. The van der Waals surface area contributed by atoms with Crippen LogP contribution in [0.25, 0.3) is 11.3 Å². The number of aromatic nitrogens is 5. The quantitative estimate of drug-likeness (QED) is 0.765. The van der Waals surface area contributed by atoms with Gasteiger partial charge in [-0.25, -0.2) is 0 Å². The van der Waals surface area contributed by atoms with Gasteiger partial charge in [0.05, 0.1) is 11.4 Å². The molecule has 0 saturated heterocycles. The van der Waals surface area contributed by atoms with E-state index in [4.69, 9.17) is 11.6 Å². The van der Waals surface area contributed by atoms with Crippen LogP contribution in [0.3, 0.4) is 0 Å². The first-order valence-electron chi connectivity index (χ1n) is 7.93. The molecule has 0 aromatic carbocycles. The highest BCUT2D eigenvalue weighted by atomic mass is 35.5. The molecule has 1 aliphatic heterocycles. The van der Waals surface area contributed by atoms with E-state index in [9.17, 15) is 4.79 Å². The van der Waals surface area contributed by atoms with Crippen LogP contribution in [0.15, 0.2) is 24.5 Å². The summed E-state index contributed by atoms with van der Waals surface area (Å²) in [4.78, 5) is 16.5. The van der Waals surface area contributed by atoms with Crippen LogP contribution in [0.1, 0.15) is 29.2 Å². The summed E-state index contributed by atoms with van der Waals surface area (Å²) < 4.78 is 3.33. The van der Waals surface area contributed by atoms with Gasteiger partial charge < -0.3 is 5.32 Å². The van der Waals surface area contributed by atoms with Crippen molar-refractivity contribution < 1.29 is 4.79 Å². The number of fused-ring (bicyclic) bond motifs is 1. The number of pyridine rings is 1. The van der Waals surface area contributed by atoms with Gasteiger partial charge >= 0.3 is 0 Å². The van der Waals surface area contributed by atoms with E-state index in [-0.39, 0.29) is 11.8 Å². The van der Waals surface area contributed by atoms with Crippen molar-refractivity contribution in [3.8, 4) is 11.3 Å². The largest absolute Gasteiger partial charge is 0.311 e. The van der Waals surface area contributed by atoms with Crippen molar-refractivity contribution in [1.82, 2.24) is 24.5 Å². The SMILES string of the molecule is Cc1nn(C)c(Cl)c1[C@H]1CC(=O)Nc2c1c(-c1cccnc1)nn2C. The molecule has 4 heterocycles. The highest BCUT2D eigenvalue weighted by Crippen LogP contribution is 2.45. The monoisotopic (exact) mass is 356 g/mol. The summed E-state index contributed by atoms with van der Waals surface area (Å²) in [5.74, 6) is 0.436. The number of rotatable bonds is 2.